The summed E-state index contributed by atoms with van der Waals surface area (Å²) >= 11 is 0. The number of halogens is 3. The molecule has 1 aromatic rings. The van der Waals surface area contributed by atoms with Gasteiger partial charge in [0.05, 0.1) is 0 Å². The van der Waals surface area contributed by atoms with Crippen LogP contribution in [0.5, 0.6) is 0 Å². The molecular weight excluding hydrogens is 281 g/mol. The van der Waals surface area contributed by atoms with E-state index in [2.05, 4.69) is 34.4 Å². The Morgan fingerprint density at radius 2 is 2.00 bits per heavy atom. The van der Waals surface area contributed by atoms with E-state index in [9.17, 15) is 13.2 Å². The predicted octanol–water partition coefficient (Wildman–Crippen LogP) is 3.77. The van der Waals surface area contributed by atoms with Gasteiger partial charge < -0.3 is 10.6 Å². The van der Waals surface area contributed by atoms with Crippen molar-refractivity contribution in [3.05, 3.63) is 11.8 Å². The second-order valence-corrected chi connectivity index (χ2v) is 5.57. The van der Waals surface area contributed by atoms with Crippen LogP contribution in [0.25, 0.3) is 0 Å². The molecule has 0 aromatic carbocycles. The van der Waals surface area contributed by atoms with Crippen LogP contribution in [0.15, 0.2) is 6.07 Å². The van der Waals surface area contributed by atoms with E-state index in [1.807, 2.05) is 0 Å². The minimum absolute atomic E-state index is 0.0231. The molecule has 7 heteroatoms. The lowest BCUT2D eigenvalue weighted by molar-refractivity contribution is -0.141. The Morgan fingerprint density at radius 1 is 1.29 bits per heavy atom. The van der Waals surface area contributed by atoms with Crippen LogP contribution in [0.2, 0.25) is 0 Å². The number of aromatic nitrogens is 2. The van der Waals surface area contributed by atoms with E-state index in [1.165, 1.54) is 7.05 Å². The van der Waals surface area contributed by atoms with Crippen molar-refractivity contribution in [1.82, 2.24) is 9.97 Å². The van der Waals surface area contributed by atoms with Gasteiger partial charge in [-0.05, 0) is 24.7 Å². The first kappa shape index (κ1) is 15.9. The molecule has 1 aromatic heterocycles. The lowest BCUT2D eigenvalue weighted by atomic mass is 9.93. The van der Waals surface area contributed by atoms with Crippen molar-refractivity contribution in [3.8, 4) is 0 Å². The highest BCUT2D eigenvalue weighted by Gasteiger charge is 2.35. The normalized spacial score (nSPS) is 25.9. The second kappa shape index (κ2) is 6.07. The zero-order valence-electron chi connectivity index (χ0n) is 12.5. The molecule has 3 unspecified atom stereocenters. The SMILES string of the molecule is CCC1CCC(Nc2cc(C(F)(F)F)nc(NC)n2)C1C. The van der Waals surface area contributed by atoms with Crippen molar-refractivity contribution >= 4 is 11.8 Å². The fourth-order valence-corrected chi connectivity index (χ4v) is 3.00. The summed E-state index contributed by atoms with van der Waals surface area (Å²) in [5.41, 5.74) is -0.929. The molecule has 0 bridgehead atoms. The average molecular weight is 302 g/mol. The summed E-state index contributed by atoms with van der Waals surface area (Å²) in [6, 6.07) is 1.14. The highest BCUT2D eigenvalue weighted by molar-refractivity contribution is 5.44. The predicted molar refractivity (Wildman–Crippen MR) is 76.2 cm³/mol. The minimum atomic E-state index is -4.47. The van der Waals surface area contributed by atoms with Crippen LogP contribution >= 0.6 is 0 Å². The molecule has 1 aliphatic rings. The third kappa shape index (κ3) is 3.57. The minimum Gasteiger partial charge on any atom is -0.367 e. The van der Waals surface area contributed by atoms with E-state index in [0.717, 1.165) is 25.3 Å². The van der Waals surface area contributed by atoms with Gasteiger partial charge in [-0.1, -0.05) is 20.3 Å². The van der Waals surface area contributed by atoms with Gasteiger partial charge in [0.25, 0.3) is 0 Å². The molecule has 1 aliphatic carbocycles. The fraction of sp³-hybridized carbons (Fsp3) is 0.714. The second-order valence-electron chi connectivity index (χ2n) is 5.57. The third-order valence-electron chi connectivity index (χ3n) is 4.32. The van der Waals surface area contributed by atoms with Crippen molar-refractivity contribution < 1.29 is 13.2 Å². The van der Waals surface area contributed by atoms with Crippen molar-refractivity contribution in [2.24, 2.45) is 11.8 Å². The number of nitrogens with zero attached hydrogens (tertiary/aromatic N) is 2. The van der Waals surface area contributed by atoms with Crippen LogP contribution < -0.4 is 10.6 Å². The monoisotopic (exact) mass is 302 g/mol. The quantitative estimate of drug-likeness (QED) is 0.889. The van der Waals surface area contributed by atoms with E-state index in [1.54, 1.807) is 0 Å². The van der Waals surface area contributed by atoms with Gasteiger partial charge in [0.2, 0.25) is 5.95 Å². The molecule has 4 nitrogen and oxygen atoms in total. The largest absolute Gasteiger partial charge is 0.433 e. The number of rotatable bonds is 4. The Kier molecular flexibility index (Phi) is 4.58. The first-order valence-corrected chi connectivity index (χ1v) is 7.25. The van der Waals surface area contributed by atoms with Crippen LogP contribution in [0.4, 0.5) is 24.9 Å². The molecule has 2 N–H and O–H groups in total. The third-order valence-corrected chi connectivity index (χ3v) is 4.32. The number of hydrogen-bond donors (Lipinski definition) is 2. The Bertz CT molecular complexity index is 490. The Labute approximate surface area is 122 Å². The molecular formula is C14H21F3N4. The molecule has 1 heterocycles. The average Bonchev–Trinajstić information content (AvgIpc) is 2.78. The van der Waals surface area contributed by atoms with Gasteiger partial charge in [0, 0.05) is 19.2 Å². The summed E-state index contributed by atoms with van der Waals surface area (Å²) in [7, 11) is 1.50. The molecule has 0 amide bonds. The van der Waals surface area contributed by atoms with Crippen LogP contribution in [0.3, 0.4) is 0 Å². The molecule has 1 saturated carbocycles. The topological polar surface area (TPSA) is 49.8 Å². The van der Waals surface area contributed by atoms with Crippen molar-refractivity contribution in [2.45, 2.75) is 45.3 Å². The smallest absolute Gasteiger partial charge is 0.367 e. The fourth-order valence-electron chi connectivity index (χ4n) is 3.00. The van der Waals surface area contributed by atoms with Crippen LogP contribution in [0, 0.1) is 11.8 Å². The van der Waals surface area contributed by atoms with E-state index in [4.69, 9.17) is 0 Å². The first-order valence-electron chi connectivity index (χ1n) is 7.25. The van der Waals surface area contributed by atoms with Crippen molar-refractivity contribution in [1.29, 1.82) is 0 Å². The molecule has 0 aliphatic heterocycles. The van der Waals surface area contributed by atoms with Gasteiger partial charge >= 0.3 is 6.18 Å². The number of nitrogens with one attached hydrogen (secondary N) is 2. The van der Waals surface area contributed by atoms with Gasteiger partial charge in [0.15, 0.2) is 5.69 Å². The number of hydrogen-bond acceptors (Lipinski definition) is 4. The highest BCUT2D eigenvalue weighted by Crippen LogP contribution is 2.36. The summed E-state index contributed by atoms with van der Waals surface area (Å²) < 4.78 is 38.5. The summed E-state index contributed by atoms with van der Waals surface area (Å²) in [6.45, 7) is 4.29. The van der Waals surface area contributed by atoms with Crippen molar-refractivity contribution in [3.63, 3.8) is 0 Å². The van der Waals surface area contributed by atoms with E-state index < -0.39 is 11.9 Å². The molecule has 0 saturated heterocycles. The maximum Gasteiger partial charge on any atom is 0.433 e. The standard InChI is InChI=1S/C14H21F3N4/c1-4-9-5-6-10(8(9)2)19-12-7-11(14(15,16)17)20-13(18-3)21-12/h7-10H,4-6H2,1-3H3,(H2,18,19,20,21). The Hall–Kier alpha value is -1.53. The molecule has 3 atom stereocenters. The van der Waals surface area contributed by atoms with Gasteiger partial charge in [-0.2, -0.15) is 18.2 Å². The van der Waals surface area contributed by atoms with E-state index in [-0.39, 0.29) is 17.8 Å². The highest BCUT2D eigenvalue weighted by atomic mass is 19.4. The van der Waals surface area contributed by atoms with Crippen LogP contribution in [-0.2, 0) is 6.18 Å². The summed E-state index contributed by atoms with van der Waals surface area (Å²) in [5.74, 6) is 1.26. The zero-order chi connectivity index (χ0) is 15.6. The van der Waals surface area contributed by atoms with Gasteiger partial charge in [0.1, 0.15) is 5.82 Å². The lowest BCUT2D eigenvalue weighted by Crippen LogP contribution is -2.25. The number of alkyl halides is 3. The van der Waals surface area contributed by atoms with Crippen molar-refractivity contribution in [2.75, 3.05) is 17.7 Å². The maximum atomic E-state index is 12.8. The van der Waals surface area contributed by atoms with E-state index in [0.29, 0.717) is 11.8 Å². The number of anilines is 2. The van der Waals surface area contributed by atoms with Gasteiger partial charge in [-0.25, -0.2) is 4.98 Å². The molecule has 1 fully saturated rings. The molecule has 21 heavy (non-hydrogen) atoms. The molecule has 0 spiro atoms. The van der Waals surface area contributed by atoms with Crippen LogP contribution in [-0.4, -0.2) is 23.1 Å². The summed E-state index contributed by atoms with van der Waals surface area (Å²) in [4.78, 5) is 7.54. The van der Waals surface area contributed by atoms with Crippen LogP contribution in [0.1, 0.15) is 38.8 Å². The maximum absolute atomic E-state index is 12.8. The summed E-state index contributed by atoms with van der Waals surface area (Å²) in [5, 5.41) is 5.72. The van der Waals surface area contributed by atoms with Gasteiger partial charge in [-0.15, -0.1) is 0 Å². The lowest BCUT2D eigenvalue weighted by Gasteiger charge is -2.22. The zero-order valence-corrected chi connectivity index (χ0v) is 12.5. The Morgan fingerprint density at radius 3 is 2.52 bits per heavy atom. The molecule has 2 rings (SSSR count). The molecule has 118 valence electrons. The summed E-state index contributed by atoms with van der Waals surface area (Å²) in [6.07, 6.45) is -1.32. The Balaban J connectivity index is 2.20. The van der Waals surface area contributed by atoms with E-state index >= 15 is 0 Å². The van der Waals surface area contributed by atoms with Gasteiger partial charge in [-0.3, -0.25) is 0 Å². The first-order chi connectivity index (χ1) is 9.85. The molecule has 0 radical (unpaired) electrons.